The van der Waals surface area contributed by atoms with Crippen molar-refractivity contribution in [2.75, 3.05) is 0 Å². The number of hydrogen-bond donors (Lipinski definition) is 1. The van der Waals surface area contributed by atoms with Gasteiger partial charge in [0, 0.05) is 5.56 Å². The number of ether oxygens (including phenoxy) is 1. The molecule has 0 aliphatic heterocycles. The van der Waals surface area contributed by atoms with E-state index >= 15 is 0 Å². The summed E-state index contributed by atoms with van der Waals surface area (Å²) < 4.78 is 24.8. The normalized spacial score (nSPS) is 11.9. The van der Waals surface area contributed by atoms with E-state index in [1.165, 1.54) is 24.5 Å². The van der Waals surface area contributed by atoms with Crippen LogP contribution in [0.4, 0.5) is 4.39 Å². The lowest BCUT2D eigenvalue weighted by Gasteiger charge is -2.09. The van der Waals surface area contributed by atoms with Crippen LogP contribution in [0.1, 0.15) is 17.4 Å². The number of halogens is 1. The third kappa shape index (κ3) is 3.52. The van der Waals surface area contributed by atoms with Crippen LogP contribution in [0.15, 0.2) is 71.9 Å². The van der Waals surface area contributed by atoms with Crippen LogP contribution < -0.4 is 4.74 Å². The first-order valence-corrected chi connectivity index (χ1v) is 7.40. The van der Waals surface area contributed by atoms with Crippen LogP contribution in [0.2, 0.25) is 0 Å². The minimum absolute atomic E-state index is 0.0800. The fourth-order valence-electron chi connectivity index (χ4n) is 2.19. The molecule has 122 valence electrons. The summed E-state index contributed by atoms with van der Waals surface area (Å²) >= 11 is 0. The lowest BCUT2D eigenvalue weighted by molar-refractivity contribution is 0.227. The highest BCUT2D eigenvalue weighted by atomic mass is 19.1. The zero-order valence-corrected chi connectivity index (χ0v) is 12.9. The van der Waals surface area contributed by atoms with Gasteiger partial charge in [-0.3, -0.25) is 0 Å². The zero-order valence-electron chi connectivity index (χ0n) is 12.9. The fourth-order valence-corrected chi connectivity index (χ4v) is 2.19. The maximum absolute atomic E-state index is 14.0. The number of benzene rings is 2. The first-order chi connectivity index (χ1) is 11.7. The quantitative estimate of drug-likeness (QED) is 0.687. The predicted molar refractivity (Wildman–Crippen MR) is 87.8 cm³/mol. The molecule has 1 aromatic heterocycles. The van der Waals surface area contributed by atoms with Gasteiger partial charge < -0.3 is 14.3 Å². The summed E-state index contributed by atoms with van der Waals surface area (Å²) in [6.45, 7) is 3.55. The predicted octanol–water partition coefficient (Wildman–Crippen LogP) is 4.28. The van der Waals surface area contributed by atoms with E-state index in [-0.39, 0.29) is 12.4 Å². The highest BCUT2D eigenvalue weighted by molar-refractivity contribution is 5.52. The van der Waals surface area contributed by atoms with Gasteiger partial charge in [0.2, 0.25) is 5.89 Å². The van der Waals surface area contributed by atoms with Crippen molar-refractivity contribution in [2.24, 2.45) is 0 Å². The van der Waals surface area contributed by atoms with Crippen molar-refractivity contribution in [1.29, 1.82) is 0 Å². The Morgan fingerprint density at radius 3 is 2.75 bits per heavy atom. The van der Waals surface area contributed by atoms with Crippen LogP contribution >= 0.6 is 0 Å². The Morgan fingerprint density at radius 1 is 1.25 bits per heavy atom. The molecule has 1 atom stereocenters. The monoisotopic (exact) mass is 325 g/mol. The minimum atomic E-state index is -0.905. The van der Waals surface area contributed by atoms with E-state index in [0.717, 1.165) is 5.56 Å². The van der Waals surface area contributed by atoms with Crippen molar-refractivity contribution in [3.63, 3.8) is 0 Å². The molecule has 0 aliphatic rings. The SMILES string of the molecule is C=CC(O)c1ccc(OCc2coc(-c3ccccc3)n2)c(F)c1. The molecular weight excluding hydrogens is 309 g/mol. The molecule has 0 amide bonds. The molecule has 0 bridgehead atoms. The number of aliphatic hydroxyl groups is 1. The Bertz CT molecular complexity index is 830. The number of aromatic nitrogens is 1. The molecule has 1 heterocycles. The van der Waals surface area contributed by atoms with Gasteiger partial charge in [0.15, 0.2) is 11.6 Å². The van der Waals surface area contributed by atoms with Crippen molar-refractivity contribution < 1.29 is 18.7 Å². The second-order valence-corrected chi connectivity index (χ2v) is 5.17. The van der Waals surface area contributed by atoms with Crippen molar-refractivity contribution >= 4 is 0 Å². The molecule has 2 aromatic carbocycles. The molecule has 3 rings (SSSR count). The van der Waals surface area contributed by atoms with Gasteiger partial charge in [-0.15, -0.1) is 6.58 Å². The van der Waals surface area contributed by atoms with E-state index in [0.29, 0.717) is 17.1 Å². The van der Waals surface area contributed by atoms with E-state index < -0.39 is 11.9 Å². The summed E-state index contributed by atoms with van der Waals surface area (Å²) in [6, 6.07) is 13.7. The first kappa shape index (κ1) is 16.0. The van der Waals surface area contributed by atoms with Crippen LogP contribution in [0.5, 0.6) is 5.75 Å². The highest BCUT2D eigenvalue weighted by Gasteiger charge is 2.11. The second kappa shape index (κ2) is 7.10. The molecule has 0 saturated carbocycles. The average Bonchev–Trinajstić information content (AvgIpc) is 3.09. The summed E-state index contributed by atoms with van der Waals surface area (Å²) in [7, 11) is 0. The molecule has 24 heavy (non-hydrogen) atoms. The summed E-state index contributed by atoms with van der Waals surface area (Å²) in [5.74, 6) is 0.0126. The molecular formula is C19H16FNO3. The molecule has 0 aliphatic carbocycles. The number of oxazole rings is 1. The van der Waals surface area contributed by atoms with Crippen molar-refractivity contribution in [1.82, 2.24) is 4.98 Å². The summed E-state index contributed by atoms with van der Waals surface area (Å²) in [6.07, 6.45) is 1.91. The summed E-state index contributed by atoms with van der Waals surface area (Å²) in [5.41, 5.74) is 1.84. The number of nitrogens with zero attached hydrogens (tertiary/aromatic N) is 1. The summed E-state index contributed by atoms with van der Waals surface area (Å²) in [5, 5.41) is 9.62. The van der Waals surface area contributed by atoms with E-state index in [4.69, 9.17) is 9.15 Å². The third-order valence-electron chi connectivity index (χ3n) is 3.47. The van der Waals surface area contributed by atoms with E-state index in [9.17, 15) is 9.50 Å². The molecule has 1 N–H and O–H groups in total. The first-order valence-electron chi connectivity index (χ1n) is 7.40. The van der Waals surface area contributed by atoms with E-state index in [1.54, 1.807) is 6.07 Å². The Hall–Kier alpha value is -2.92. The lowest BCUT2D eigenvalue weighted by atomic mass is 10.1. The number of hydrogen-bond acceptors (Lipinski definition) is 4. The van der Waals surface area contributed by atoms with Gasteiger partial charge >= 0.3 is 0 Å². The van der Waals surface area contributed by atoms with E-state index in [2.05, 4.69) is 11.6 Å². The molecule has 0 spiro atoms. The fraction of sp³-hybridized carbons (Fsp3) is 0.105. The van der Waals surface area contributed by atoms with Gasteiger partial charge in [-0.1, -0.05) is 30.3 Å². The third-order valence-corrected chi connectivity index (χ3v) is 3.47. The Balaban J connectivity index is 1.68. The molecule has 5 heteroatoms. The second-order valence-electron chi connectivity index (χ2n) is 5.17. The van der Waals surface area contributed by atoms with Crippen molar-refractivity contribution in [3.8, 4) is 17.2 Å². The van der Waals surface area contributed by atoms with Crippen LogP contribution in [0.25, 0.3) is 11.5 Å². The maximum Gasteiger partial charge on any atom is 0.226 e. The Kier molecular flexibility index (Phi) is 4.72. The van der Waals surface area contributed by atoms with E-state index in [1.807, 2.05) is 30.3 Å². The average molecular weight is 325 g/mol. The Labute approximate surface area is 138 Å². The molecule has 4 nitrogen and oxygen atoms in total. The van der Waals surface area contributed by atoms with Crippen molar-refractivity contribution in [2.45, 2.75) is 12.7 Å². The molecule has 0 saturated heterocycles. The van der Waals surface area contributed by atoms with Crippen LogP contribution in [-0.2, 0) is 6.61 Å². The van der Waals surface area contributed by atoms with Crippen molar-refractivity contribution in [3.05, 3.63) is 84.5 Å². The minimum Gasteiger partial charge on any atom is -0.484 e. The number of aliphatic hydroxyl groups excluding tert-OH is 1. The summed E-state index contributed by atoms with van der Waals surface area (Å²) in [4.78, 5) is 4.32. The van der Waals surface area contributed by atoms with Gasteiger partial charge in [0.25, 0.3) is 0 Å². The smallest absolute Gasteiger partial charge is 0.226 e. The molecule has 0 radical (unpaired) electrons. The topological polar surface area (TPSA) is 55.5 Å². The van der Waals surface area contributed by atoms with Crippen LogP contribution in [0.3, 0.4) is 0 Å². The van der Waals surface area contributed by atoms with Gasteiger partial charge in [0.05, 0.1) is 6.10 Å². The molecule has 1 unspecified atom stereocenters. The standard InChI is InChI=1S/C19H16FNO3/c1-2-17(22)14-8-9-18(16(20)10-14)23-11-15-12-24-19(21-15)13-6-4-3-5-7-13/h2-10,12,17,22H,1,11H2. The van der Waals surface area contributed by atoms with Crippen LogP contribution in [-0.4, -0.2) is 10.1 Å². The lowest BCUT2D eigenvalue weighted by Crippen LogP contribution is -2.00. The molecule has 0 fully saturated rings. The highest BCUT2D eigenvalue weighted by Crippen LogP contribution is 2.24. The zero-order chi connectivity index (χ0) is 16.9. The van der Waals surface area contributed by atoms with Gasteiger partial charge in [-0.05, 0) is 29.8 Å². The largest absolute Gasteiger partial charge is 0.484 e. The van der Waals surface area contributed by atoms with Gasteiger partial charge in [-0.25, -0.2) is 9.37 Å². The van der Waals surface area contributed by atoms with Gasteiger partial charge in [-0.2, -0.15) is 0 Å². The molecule has 3 aromatic rings. The van der Waals surface area contributed by atoms with Crippen LogP contribution in [0, 0.1) is 5.82 Å². The Morgan fingerprint density at radius 2 is 2.04 bits per heavy atom. The maximum atomic E-state index is 14.0. The number of rotatable bonds is 6. The van der Waals surface area contributed by atoms with Gasteiger partial charge in [0.1, 0.15) is 18.6 Å².